The quantitative estimate of drug-likeness (QED) is 0.463. The molecule has 0 fully saturated rings. The standard InChI is InChI=1S/C3H9NO/c1-3(5)2-4/h3,5H,2,4H2,1H3/i1D3,2D2,5D. The van der Waals surface area contributed by atoms with Crippen LogP contribution in [0.5, 0.6) is 0 Å². The first-order valence-electron chi connectivity index (χ1n) is 4.01. The fourth-order valence-electron chi connectivity index (χ4n) is 0. The van der Waals surface area contributed by atoms with Crippen molar-refractivity contribution in [1.29, 1.82) is 1.43 Å². The summed E-state index contributed by atoms with van der Waals surface area (Å²) in [5, 5.41) is 3.67. The lowest BCUT2D eigenvalue weighted by Crippen LogP contribution is -2.14. The summed E-state index contributed by atoms with van der Waals surface area (Å²) in [6, 6.07) is 0. The Morgan fingerprint density at radius 2 is 3.60 bits per heavy atom. The Hall–Kier alpha value is -0.0800. The van der Waals surface area contributed by atoms with Gasteiger partial charge in [-0.05, 0) is 6.85 Å². The van der Waals surface area contributed by atoms with Crippen LogP contribution in [0.3, 0.4) is 0 Å². The van der Waals surface area contributed by atoms with Crippen molar-refractivity contribution in [2.75, 3.05) is 6.50 Å². The number of rotatable bonds is 2. The largest absolute Gasteiger partial charge is 0.392 e. The Morgan fingerprint density at radius 1 is 2.80 bits per heavy atom. The molecule has 0 aliphatic carbocycles. The van der Waals surface area contributed by atoms with Crippen molar-refractivity contribution in [3.8, 4) is 0 Å². The molecule has 2 nitrogen and oxygen atoms in total. The van der Waals surface area contributed by atoms with E-state index in [9.17, 15) is 0 Å². The lowest BCUT2D eigenvalue weighted by Gasteiger charge is -1.91. The van der Waals surface area contributed by atoms with Gasteiger partial charge in [-0.15, -0.1) is 0 Å². The molecule has 0 saturated carbocycles. The highest BCUT2D eigenvalue weighted by molar-refractivity contribution is 4.40. The highest BCUT2D eigenvalue weighted by atomic mass is 16.3. The first-order chi connectivity index (χ1) is 4.69. The smallest absolute Gasteiger partial charge is 0.210 e. The molecule has 3 N–H and O–H groups in total. The zero-order valence-electron chi connectivity index (χ0n) is 8.56. The summed E-state index contributed by atoms with van der Waals surface area (Å²) < 4.78 is 40.0. The Labute approximate surface area is 40.1 Å². The van der Waals surface area contributed by atoms with Gasteiger partial charge in [-0.25, -0.2) is 0 Å². The first-order valence-corrected chi connectivity index (χ1v) is 1.10. The lowest BCUT2D eigenvalue weighted by atomic mass is 10.4. The predicted octanol–water partition coefficient (Wildman–Crippen LogP) is -0.674. The van der Waals surface area contributed by atoms with Gasteiger partial charge < -0.3 is 10.8 Å². The topological polar surface area (TPSA) is 46.2 Å². The van der Waals surface area contributed by atoms with E-state index >= 15 is 0 Å². The van der Waals surface area contributed by atoms with Gasteiger partial charge in [-0.3, -0.25) is 0 Å². The maximum absolute atomic E-state index is 6.78. The van der Waals surface area contributed by atoms with Crippen LogP contribution in [0.15, 0.2) is 0 Å². The normalized spacial score (nSPS) is 37.8. The second-order valence-electron chi connectivity index (χ2n) is 0.547. The molecule has 0 aromatic rings. The molecule has 1 unspecified atom stereocenters. The van der Waals surface area contributed by atoms with E-state index in [0.29, 0.717) is 0 Å². The third kappa shape index (κ3) is 3.92. The van der Waals surface area contributed by atoms with E-state index in [1.54, 1.807) is 0 Å². The van der Waals surface area contributed by atoms with Crippen molar-refractivity contribution < 1.29 is 12.0 Å². The summed E-state index contributed by atoms with van der Waals surface area (Å²) in [4.78, 5) is 0. The van der Waals surface area contributed by atoms with Gasteiger partial charge >= 0.3 is 0 Å². The summed E-state index contributed by atoms with van der Waals surface area (Å²) in [6.45, 7) is -5.23. The van der Waals surface area contributed by atoms with Gasteiger partial charge in [0.25, 0.3) is 0 Å². The van der Waals surface area contributed by atoms with Crippen LogP contribution in [0.4, 0.5) is 0 Å². The van der Waals surface area contributed by atoms with E-state index in [1.807, 2.05) is 0 Å². The fraction of sp³-hybridized carbons (Fsp3) is 1.00. The Kier molecular flexibility index (Phi) is 0.334. The van der Waals surface area contributed by atoms with Gasteiger partial charge in [-0.2, -0.15) is 0 Å². The van der Waals surface area contributed by atoms with Crippen molar-refractivity contribution in [1.82, 2.24) is 0 Å². The monoisotopic (exact) mass is 81.1 g/mol. The minimum atomic E-state index is -2.71. The van der Waals surface area contributed by atoms with E-state index in [4.69, 9.17) is 14.0 Å². The van der Waals surface area contributed by atoms with Crippen LogP contribution in [0, 0.1) is 0 Å². The number of aliphatic hydroxyl groups excluding tert-OH is 1. The molecule has 2 heteroatoms. The van der Waals surface area contributed by atoms with Crippen LogP contribution < -0.4 is 5.73 Å². The number of hydrogen-bond acceptors (Lipinski definition) is 2. The molecule has 0 aromatic carbocycles. The van der Waals surface area contributed by atoms with Gasteiger partial charge in [-0.1, -0.05) is 0 Å². The summed E-state index contributed by atoms with van der Waals surface area (Å²) in [5.41, 5.74) is 4.80. The van der Waals surface area contributed by atoms with E-state index in [2.05, 4.69) is 5.11 Å². The van der Waals surface area contributed by atoms with Gasteiger partial charge in [0.15, 0.2) is 0 Å². The third-order valence-electron chi connectivity index (χ3n) is 0.151. The average molecular weight is 81.1 g/mol. The molecule has 0 rings (SSSR count). The molecule has 0 radical (unpaired) electrons. The Bertz CT molecular complexity index is 113. The summed E-state index contributed by atoms with van der Waals surface area (Å²) in [5.74, 6) is 0. The molecule has 0 aliphatic rings. The minimum Gasteiger partial charge on any atom is -0.392 e. The molecule has 0 spiro atoms. The zero-order valence-corrected chi connectivity index (χ0v) is 2.56. The molecule has 0 amide bonds. The van der Waals surface area contributed by atoms with Gasteiger partial charge in [0.1, 0.15) is 0 Å². The second-order valence-corrected chi connectivity index (χ2v) is 0.547. The maximum atomic E-state index is 6.78. The molecule has 0 heterocycles. The van der Waals surface area contributed by atoms with Gasteiger partial charge in [0, 0.05) is 13.4 Å². The molecule has 32 valence electrons. The average Bonchev–Trinajstić information content (AvgIpc) is 1.56. The van der Waals surface area contributed by atoms with Crippen molar-refractivity contribution >= 4 is 0 Å². The van der Waals surface area contributed by atoms with E-state index in [1.165, 1.54) is 0 Å². The molecule has 1 atom stereocenters. The summed E-state index contributed by atoms with van der Waals surface area (Å²) in [7, 11) is 0. The fourth-order valence-corrected chi connectivity index (χ4v) is 0. The predicted molar refractivity (Wildman–Crippen MR) is 20.7 cm³/mol. The summed E-state index contributed by atoms with van der Waals surface area (Å²) in [6.07, 6.45) is -1.91. The zero-order chi connectivity index (χ0) is 9.28. The van der Waals surface area contributed by atoms with Crippen LogP contribution in [-0.4, -0.2) is 19.1 Å². The number of nitrogens with two attached hydrogens (primary N) is 1. The lowest BCUT2D eigenvalue weighted by molar-refractivity contribution is 0.203. The Morgan fingerprint density at radius 3 is 3.60 bits per heavy atom. The van der Waals surface area contributed by atoms with Crippen molar-refractivity contribution in [2.45, 2.75) is 13.0 Å². The van der Waals surface area contributed by atoms with E-state index in [-0.39, 0.29) is 0 Å². The van der Waals surface area contributed by atoms with Crippen LogP contribution in [0.1, 0.15) is 13.7 Å². The molecular formula is C3H9NO. The Balaban J connectivity index is 4.43. The molecule has 0 saturated heterocycles. The van der Waals surface area contributed by atoms with Crippen LogP contribution in [0.2, 0.25) is 0 Å². The van der Waals surface area contributed by atoms with Crippen LogP contribution >= 0.6 is 0 Å². The van der Waals surface area contributed by atoms with Gasteiger partial charge in [0.2, 0.25) is 1.43 Å². The highest BCUT2D eigenvalue weighted by Gasteiger charge is 1.81. The highest BCUT2D eigenvalue weighted by Crippen LogP contribution is 1.65. The SMILES string of the molecule is [2H]OC(C([2H])([2H])[2H])C([2H])([2H])N. The van der Waals surface area contributed by atoms with Crippen LogP contribution in [0.25, 0.3) is 0 Å². The van der Waals surface area contributed by atoms with E-state index < -0.39 is 19.5 Å². The number of hydrogen-bond donors (Lipinski definition) is 2. The maximum Gasteiger partial charge on any atom is 0.210 e. The van der Waals surface area contributed by atoms with E-state index in [0.717, 1.165) is 0 Å². The van der Waals surface area contributed by atoms with Gasteiger partial charge in [0.05, 0.1) is 6.10 Å². The third-order valence-corrected chi connectivity index (χ3v) is 0.151. The molecule has 0 aromatic heterocycles. The molecule has 0 bridgehead atoms. The summed E-state index contributed by atoms with van der Waals surface area (Å²) >= 11 is 0. The first kappa shape index (κ1) is 0.768. The molecule has 5 heavy (non-hydrogen) atoms. The van der Waals surface area contributed by atoms with Crippen LogP contribution in [-0.2, 0) is 0 Å². The van der Waals surface area contributed by atoms with Crippen molar-refractivity contribution in [3.63, 3.8) is 0 Å². The minimum absolute atomic E-state index is 1.91. The number of aliphatic hydroxyl groups is 1. The second kappa shape index (κ2) is 2.18. The molecule has 0 aliphatic heterocycles. The van der Waals surface area contributed by atoms with Crippen molar-refractivity contribution in [2.24, 2.45) is 5.73 Å². The van der Waals surface area contributed by atoms with Crippen molar-refractivity contribution in [3.05, 3.63) is 0 Å². The molecular weight excluding hydrogens is 66.0 g/mol.